The fourth-order valence-corrected chi connectivity index (χ4v) is 3.39. The molecule has 0 aliphatic carbocycles. The lowest BCUT2D eigenvalue weighted by Gasteiger charge is -2.22. The monoisotopic (exact) mass is 400 g/mol. The van der Waals surface area contributed by atoms with Crippen molar-refractivity contribution in [3.05, 3.63) is 64.7 Å². The molecule has 0 unspecified atom stereocenters. The van der Waals surface area contributed by atoms with Crippen molar-refractivity contribution in [3.8, 4) is 5.75 Å². The van der Waals surface area contributed by atoms with Gasteiger partial charge in [0.2, 0.25) is 0 Å². The van der Waals surface area contributed by atoms with Crippen molar-refractivity contribution in [3.63, 3.8) is 0 Å². The van der Waals surface area contributed by atoms with Gasteiger partial charge in [0.1, 0.15) is 5.75 Å². The summed E-state index contributed by atoms with van der Waals surface area (Å²) in [4.78, 5) is 28.2. The quantitative estimate of drug-likeness (QED) is 0.694. The standard InChI is InChI=1S/C22H25ClN2O3/c1-17(26)19-4-2-5-21(14-19)28-16-22(27)25-11-3-10-24(12-13-25)15-18-6-8-20(23)9-7-18/h2,4-9,14H,3,10-13,15-16H2,1H3. The molecular weight excluding hydrogens is 376 g/mol. The van der Waals surface area contributed by atoms with E-state index in [9.17, 15) is 9.59 Å². The maximum atomic E-state index is 12.5. The lowest BCUT2D eigenvalue weighted by Crippen LogP contribution is -2.38. The molecule has 1 heterocycles. The minimum absolute atomic E-state index is 0.0153. The molecular formula is C22H25ClN2O3. The van der Waals surface area contributed by atoms with Gasteiger partial charge in [0.05, 0.1) is 0 Å². The molecule has 0 saturated carbocycles. The summed E-state index contributed by atoms with van der Waals surface area (Å²) in [5.41, 5.74) is 1.80. The van der Waals surface area contributed by atoms with Gasteiger partial charge in [0.15, 0.2) is 12.4 Å². The number of amides is 1. The van der Waals surface area contributed by atoms with E-state index in [0.717, 1.165) is 37.6 Å². The fourth-order valence-electron chi connectivity index (χ4n) is 3.27. The lowest BCUT2D eigenvalue weighted by atomic mass is 10.1. The van der Waals surface area contributed by atoms with Crippen LogP contribution in [0.2, 0.25) is 5.02 Å². The maximum Gasteiger partial charge on any atom is 0.260 e. The number of carbonyl (C=O) groups excluding carboxylic acids is 2. The van der Waals surface area contributed by atoms with Gasteiger partial charge < -0.3 is 9.64 Å². The van der Waals surface area contributed by atoms with Crippen molar-refractivity contribution in [1.82, 2.24) is 9.80 Å². The topological polar surface area (TPSA) is 49.9 Å². The van der Waals surface area contributed by atoms with Gasteiger partial charge in [-0.2, -0.15) is 0 Å². The fraction of sp³-hybridized carbons (Fsp3) is 0.364. The van der Waals surface area contributed by atoms with Gasteiger partial charge in [-0.3, -0.25) is 14.5 Å². The molecule has 1 aliphatic heterocycles. The Labute approximate surface area is 170 Å². The molecule has 2 aromatic carbocycles. The van der Waals surface area contributed by atoms with Gasteiger partial charge >= 0.3 is 0 Å². The summed E-state index contributed by atoms with van der Waals surface area (Å²) in [5.74, 6) is 0.492. The van der Waals surface area contributed by atoms with Crippen LogP contribution in [0.4, 0.5) is 0 Å². The van der Waals surface area contributed by atoms with Crippen molar-refractivity contribution >= 4 is 23.3 Å². The zero-order valence-corrected chi connectivity index (χ0v) is 16.8. The molecule has 1 saturated heterocycles. The predicted molar refractivity (Wildman–Crippen MR) is 110 cm³/mol. The Bertz CT molecular complexity index is 823. The Morgan fingerprint density at radius 1 is 1.04 bits per heavy atom. The molecule has 0 bridgehead atoms. The third-order valence-electron chi connectivity index (χ3n) is 4.86. The molecule has 0 radical (unpaired) electrons. The molecule has 0 N–H and O–H groups in total. The summed E-state index contributed by atoms with van der Waals surface area (Å²) in [6.45, 7) is 5.54. The van der Waals surface area contributed by atoms with E-state index in [1.807, 2.05) is 29.2 Å². The first-order valence-electron chi connectivity index (χ1n) is 9.49. The maximum absolute atomic E-state index is 12.5. The van der Waals surface area contributed by atoms with Crippen LogP contribution in [0.3, 0.4) is 0 Å². The van der Waals surface area contributed by atoms with Gasteiger partial charge in [-0.1, -0.05) is 35.9 Å². The number of nitrogens with zero attached hydrogens (tertiary/aromatic N) is 2. The molecule has 5 nitrogen and oxygen atoms in total. The van der Waals surface area contributed by atoms with Gasteiger partial charge in [-0.15, -0.1) is 0 Å². The molecule has 3 rings (SSSR count). The van der Waals surface area contributed by atoms with Gasteiger partial charge in [0, 0.05) is 43.3 Å². The van der Waals surface area contributed by atoms with Crippen LogP contribution < -0.4 is 4.74 Å². The third kappa shape index (κ3) is 5.81. The van der Waals surface area contributed by atoms with E-state index in [-0.39, 0.29) is 18.3 Å². The molecule has 6 heteroatoms. The Kier molecular flexibility index (Phi) is 7.06. The van der Waals surface area contributed by atoms with Crippen LogP contribution in [0.15, 0.2) is 48.5 Å². The summed E-state index contributed by atoms with van der Waals surface area (Å²) in [5, 5.41) is 0.741. The van der Waals surface area contributed by atoms with Gasteiger partial charge in [0.25, 0.3) is 5.91 Å². The molecule has 0 spiro atoms. The van der Waals surface area contributed by atoms with E-state index < -0.39 is 0 Å². The van der Waals surface area contributed by atoms with Crippen molar-refractivity contribution in [1.29, 1.82) is 0 Å². The summed E-state index contributed by atoms with van der Waals surface area (Å²) in [6, 6.07) is 14.8. The normalized spacial score (nSPS) is 15.1. The molecule has 1 amide bonds. The molecule has 1 aliphatic rings. The van der Waals surface area contributed by atoms with Crippen LogP contribution in [0.1, 0.15) is 29.3 Å². The summed E-state index contributed by atoms with van der Waals surface area (Å²) >= 11 is 5.95. The Morgan fingerprint density at radius 3 is 2.57 bits per heavy atom. The summed E-state index contributed by atoms with van der Waals surface area (Å²) in [6.07, 6.45) is 0.930. The number of ether oxygens (including phenoxy) is 1. The lowest BCUT2D eigenvalue weighted by molar-refractivity contribution is -0.133. The summed E-state index contributed by atoms with van der Waals surface area (Å²) in [7, 11) is 0. The van der Waals surface area contributed by atoms with Crippen molar-refractivity contribution < 1.29 is 14.3 Å². The highest BCUT2D eigenvalue weighted by molar-refractivity contribution is 6.30. The van der Waals surface area contributed by atoms with E-state index in [1.165, 1.54) is 12.5 Å². The first-order valence-corrected chi connectivity index (χ1v) is 9.87. The number of ketones is 1. The van der Waals surface area contributed by atoms with Crippen LogP contribution in [-0.4, -0.2) is 54.3 Å². The highest BCUT2D eigenvalue weighted by Crippen LogP contribution is 2.15. The largest absolute Gasteiger partial charge is 0.484 e. The van der Waals surface area contributed by atoms with Gasteiger partial charge in [-0.05, 0) is 43.2 Å². The Morgan fingerprint density at radius 2 is 1.82 bits per heavy atom. The average molecular weight is 401 g/mol. The van der Waals surface area contributed by atoms with Crippen LogP contribution in [0.25, 0.3) is 0 Å². The minimum atomic E-state index is -0.0263. The average Bonchev–Trinajstić information content (AvgIpc) is 2.94. The molecule has 148 valence electrons. The number of carbonyl (C=O) groups is 2. The number of benzene rings is 2. The zero-order valence-electron chi connectivity index (χ0n) is 16.1. The van der Waals surface area contributed by atoms with Gasteiger partial charge in [-0.25, -0.2) is 0 Å². The summed E-state index contributed by atoms with van der Waals surface area (Å²) < 4.78 is 5.62. The highest BCUT2D eigenvalue weighted by atomic mass is 35.5. The number of rotatable bonds is 6. The Balaban J connectivity index is 1.49. The zero-order chi connectivity index (χ0) is 19.9. The molecule has 2 aromatic rings. The first kappa shape index (κ1) is 20.4. The molecule has 0 atom stereocenters. The number of hydrogen-bond acceptors (Lipinski definition) is 4. The van der Waals surface area contributed by atoms with E-state index >= 15 is 0 Å². The van der Waals surface area contributed by atoms with E-state index in [0.29, 0.717) is 17.9 Å². The molecule has 0 aromatic heterocycles. The Hall–Kier alpha value is -2.37. The smallest absolute Gasteiger partial charge is 0.260 e. The second-order valence-electron chi connectivity index (χ2n) is 7.01. The first-order chi connectivity index (χ1) is 13.5. The number of halogens is 1. The van der Waals surface area contributed by atoms with Crippen molar-refractivity contribution in [2.24, 2.45) is 0 Å². The van der Waals surface area contributed by atoms with Crippen LogP contribution in [-0.2, 0) is 11.3 Å². The highest BCUT2D eigenvalue weighted by Gasteiger charge is 2.19. The number of hydrogen-bond donors (Lipinski definition) is 0. The van der Waals surface area contributed by atoms with E-state index in [2.05, 4.69) is 4.90 Å². The second kappa shape index (κ2) is 9.71. The molecule has 1 fully saturated rings. The second-order valence-corrected chi connectivity index (χ2v) is 7.45. The predicted octanol–water partition coefficient (Wildman–Crippen LogP) is 3.66. The minimum Gasteiger partial charge on any atom is -0.484 e. The van der Waals surface area contributed by atoms with Crippen molar-refractivity contribution in [2.75, 3.05) is 32.8 Å². The SMILES string of the molecule is CC(=O)c1cccc(OCC(=O)N2CCCN(Cc3ccc(Cl)cc3)CC2)c1. The van der Waals surface area contributed by atoms with Crippen molar-refractivity contribution in [2.45, 2.75) is 19.9 Å². The van der Waals surface area contributed by atoms with E-state index in [1.54, 1.807) is 24.3 Å². The number of Topliss-reactive ketones (excluding diaryl/α,β-unsaturated/α-hetero) is 1. The van der Waals surface area contributed by atoms with Crippen LogP contribution in [0.5, 0.6) is 5.75 Å². The third-order valence-corrected chi connectivity index (χ3v) is 5.12. The van der Waals surface area contributed by atoms with Crippen LogP contribution >= 0.6 is 11.6 Å². The van der Waals surface area contributed by atoms with Crippen LogP contribution in [0, 0.1) is 0 Å². The molecule has 28 heavy (non-hydrogen) atoms. The van der Waals surface area contributed by atoms with E-state index in [4.69, 9.17) is 16.3 Å².